The van der Waals surface area contributed by atoms with Crippen molar-refractivity contribution in [1.82, 2.24) is 24.4 Å². The summed E-state index contributed by atoms with van der Waals surface area (Å²) >= 11 is 0.639. The zero-order valence-corrected chi connectivity index (χ0v) is 25.6. The van der Waals surface area contributed by atoms with Crippen LogP contribution in [0.3, 0.4) is 0 Å². The van der Waals surface area contributed by atoms with E-state index in [1.807, 2.05) is 13.8 Å². The van der Waals surface area contributed by atoms with Crippen molar-refractivity contribution >= 4 is 23.0 Å². The minimum absolute atomic E-state index is 0.0381. The van der Waals surface area contributed by atoms with Crippen molar-refractivity contribution in [2.75, 3.05) is 13.7 Å². The van der Waals surface area contributed by atoms with Gasteiger partial charge in [0.25, 0.3) is 5.56 Å². The standard InChI is InChI=1S/C14H24NO4.C7H8N4O2.Hg/c1-9(19-5)8-15-11(16)10-6-7-14(4,12(17)18)13(10,2)3;1-10-5-4(8-3-9-5)6(12)11(2)7(10)13;/h9-10H,1,6-8H2,2-5H3,(H,15,16)(H,17,18);3H,1-2H3,(H,8,9);/q;;+1. The third kappa shape index (κ3) is 5.08. The van der Waals surface area contributed by atoms with Crippen LogP contribution in [-0.2, 0) is 54.5 Å². The molecule has 3 N–H and O–H groups in total. The second kappa shape index (κ2) is 10.5. The molecule has 0 bridgehead atoms. The van der Waals surface area contributed by atoms with E-state index in [4.69, 9.17) is 4.74 Å². The van der Waals surface area contributed by atoms with Gasteiger partial charge in [0.05, 0.1) is 6.33 Å². The number of rotatable bonds is 6. The molecule has 178 valence electrons. The number of carboxylic acids is 1. The third-order valence-electron chi connectivity index (χ3n) is 7.20. The summed E-state index contributed by atoms with van der Waals surface area (Å²) in [6, 6.07) is 0. The number of carbonyl (C=O) groups excluding carboxylic acids is 1. The quantitative estimate of drug-likeness (QED) is 0.387. The van der Waals surface area contributed by atoms with E-state index in [9.17, 15) is 24.3 Å². The first-order chi connectivity index (χ1) is 15.3. The minimum atomic E-state index is -0.837. The number of nitrogens with one attached hydrogen (secondary N) is 2. The number of imidazole rings is 1. The van der Waals surface area contributed by atoms with E-state index in [-0.39, 0.29) is 29.2 Å². The van der Waals surface area contributed by atoms with Crippen molar-refractivity contribution < 1.29 is 45.6 Å². The van der Waals surface area contributed by atoms with Crippen LogP contribution < -0.4 is 16.6 Å². The Hall–Kier alpha value is -2.01. The molecule has 33 heavy (non-hydrogen) atoms. The van der Waals surface area contributed by atoms with E-state index in [1.54, 1.807) is 21.1 Å². The van der Waals surface area contributed by atoms with Crippen LogP contribution in [0.5, 0.6) is 0 Å². The number of amides is 1. The fourth-order valence-electron chi connectivity index (χ4n) is 4.25. The fraction of sp³-hybridized carbons (Fsp3) is 0.667. The van der Waals surface area contributed by atoms with Crippen LogP contribution in [0.25, 0.3) is 11.2 Å². The average Bonchev–Trinajstić information content (AvgIpc) is 3.35. The van der Waals surface area contributed by atoms with Crippen molar-refractivity contribution in [3.63, 3.8) is 0 Å². The van der Waals surface area contributed by atoms with Crippen molar-refractivity contribution in [2.45, 2.75) is 43.6 Å². The van der Waals surface area contributed by atoms with Gasteiger partial charge >= 0.3 is 142 Å². The number of fused-ring (bicyclic) bond motifs is 1. The molecule has 0 spiro atoms. The van der Waals surface area contributed by atoms with Crippen LogP contribution in [0.1, 0.15) is 33.6 Å². The predicted molar refractivity (Wildman–Crippen MR) is 117 cm³/mol. The van der Waals surface area contributed by atoms with Gasteiger partial charge in [0.2, 0.25) is 0 Å². The fourth-order valence-corrected chi connectivity index (χ4v) is 5.96. The maximum atomic E-state index is 12.4. The summed E-state index contributed by atoms with van der Waals surface area (Å²) in [5.41, 5.74) is -1.37. The van der Waals surface area contributed by atoms with E-state index in [1.165, 1.54) is 17.9 Å². The molecule has 2 aromatic heterocycles. The van der Waals surface area contributed by atoms with Crippen molar-refractivity contribution in [2.24, 2.45) is 30.8 Å². The molecule has 1 amide bonds. The summed E-state index contributed by atoms with van der Waals surface area (Å²) in [6.45, 7) is 6.05. The number of ether oxygens (including phenoxy) is 1. The molecule has 12 heteroatoms. The molecule has 2 aromatic rings. The van der Waals surface area contributed by atoms with Gasteiger partial charge in [-0.15, -0.1) is 0 Å². The number of carboxylic acid groups (broad SMARTS) is 1. The molecule has 11 nitrogen and oxygen atoms in total. The van der Waals surface area contributed by atoms with Gasteiger partial charge in [0.15, 0.2) is 5.65 Å². The van der Waals surface area contributed by atoms with Crippen molar-refractivity contribution in [3.8, 4) is 0 Å². The summed E-state index contributed by atoms with van der Waals surface area (Å²) in [7, 11) is 4.67. The topological polar surface area (TPSA) is 148 Å². The number of nitrogens with zero attached hydrogens (tertiary/aromatic N) is 3. The molecule has 1 aliphatic carbocycles. The molecule has 3 rings (SSSR count). The molecule has 2 heterocycles. The molecule has 0 saturated heterocycles. The SMILES string of the molecule is COC([CH2][Hg+])CNC(=O)C1CCC(C)(C(=O)O)C1(C)C.Cn1c(=O)c2[nH]cnc2n(C)c1=O. The van der Waals surface area contributed by atoms with Crippen LogP contribution in [0.15, 0.2) is 15.9 Å². The summed E-state index contributed by atoms with van der Waals surface area (Å²) in [4.78, 5) is 53.3. The first-order valence-corrected chi connectivity index (χ1v) is 14.6. The van der Waals surface area contributed by atoms with Gasteiger partial charge in [-0.1, -0.05) is 0 Å². The van der Waals surface area contributed by atoms with Gasteiger partial charge in [-0.25, -0.2) is 9.78 Å². The van der Waals surface area contributed by atoms with Gasteiger partial charge in [-0.3, -0.25) is 13.9 Å². The molecule has 3 unspecified atom stereocenters. The minimum Gasteiger partial charge on any atom is -0.339 e. The molecule has 1 aliphatic rings. The molecular formula is C21H32HgN5O6+. The summed E-state index contributed by atoms with van der Waals surface area (Å²) in [5.74, 6) is -1.10. The maximum Gasteiger partial charge on any atom is 0.332 e. The maximum absolute atomic E-state index is 12.4. The van der Waals surface area contributed by atoms with Crippen LogP contribution >= 0.6 is 0 Å². The van der Waals surface area contributed by atoms with Crippen LogP contribution in [0.2, 0.25) is 3.93 Å². The molecular weight excluding hydrogens is 619 g/mol. The van der Waals surface area contributed by atoms with Gasteiger partial charge in [-0.05, 0) is 0 Å². The largest absolute Gasteiger partial charge is 0.339 e. The number of hydrogen-bond acceptors (Lipinski definition) is 6. The molecule has 0 aromatic carbocycles. The van der Waals surface area contributed by atoms with E-state index in [0.29, 0.717) is 56.7 Å². The second-order valence-corrected chi connectivity index (χ2v) is 11.4. The Morgan fingerprint density at radius 1 is 1.33 bits per heavy atom. The molecule has 0 aliphatic heterocycles. The molecule has 3 atom stereocenters. The summed E-state index contributed by atoms with van der Waals surface area (Å²) in [5, 5.41) is 12.4. The Balaban J connectivity index is 0.000000254. The van der Waals surface area contributed by atoms with E-state index in [2.05, 4.69) is 15.3 Å². The number of aliphatic carboxylic acids is 1. The number of methoxy groups -OCH3 is 1. The Morgan fingerprint density at radius 2 is 1.97 bits per heavy atom. The first kappa shape index (κ1) is 27.2. The average molecular weight is 651 g/mol. The van der Waals surface area contributed by atoms with Gasteiger partial charge in [-0.2, -0.15) is 0 Å². The number of carbonyl (C=O) groups is 2. The zero-order chi connectivity index (χ0) is 25.1. The van der Waals surface area contributed by atoms with Crippen LogP contribution in [-0.4, -0.2) is 55.8 Å². The third-order valence-corrected chi connectivity index (χ3v) is 9.71. The van der Waals surface area contributed by atoms with Crippen LogP contribution in [0.4, 0.5) is 0 Å². The van der Waals surface area contributed by atoms with Gasteiger partial charge in [0.1, 0.15) is 5.52 Å². The monoisotopic (exact) mass is 652 g/mol. The van der Waals surface area contributed by atoms with Crippen molar-refractivity contribution in [1.29, 1.82) is 0 Å². The Kier molecular flexibility index (Phi) is 8.66. The molecule has 1 fully saturated rings. The number of H-pyrrole nitrogens is 1. The van der Waals surface area contributed by atoms with E-state index < -0.39 is 16.8 Å². The predicted octanol–water partition coefficient (Wildman–Crippen LogP) is 0.570. The van der Waals surface area contributed by atoms with Gasteiger partial charge < -0.3 is 4.98 Å². The first-order valence-electron chi connectivity index (χ1n) is 10.8. The number of aromatic amines is 1. The zero-order valence-electron chi connectivity index (χ0n) is 20.1. The summed E-state index contributed by atoms with van der Waals surface area (Å²) in [6.07, 6.45) is 2.66. The number of aromatic nitrogens is 4. The van der Waals surface area contributed by atoms with Crippen molar-refractivity contribution in [3.05, 3.63) is 27.2 Å². The number of aryl methyl sites for hydroxylation is 1. The summed E-state index contributed by atoms with van der Waals surface area (Å²) < 4.78 is 8.68. The van der Waals surface area contributed by atoms with Gasteiger partial charge in [0, 0.05) is 14.1 Å². The normalized spacial score (nSPS) is 22.5. The second-order valence-electron chi connectivity index (χ2n) is 9.15. The Morgan fingerprint density at radius 3 is 2.48 bits per heavy atom. The smallest absolute Gasteiger partial charge is 0.332 e. The Labute approximate surface area is 207 Å². The van der Waals surface area contributed by atoms with E-state index in [0.717, 1.165) is 8.50 Å². The Bertz CT molecular complexity index is 1130. The number of hydrogen-bond donors (Lipinski definition) is 3. The molecule has 1 saturated carbocycles. The van der Waals surface area contributed by atoms with E-state index >= 15 is 0 Å². The molecule has 0 radical (unpaired) electrons. The van der Waals surface area contributed by atoms with Crippen LogP contribution in [0, 0.1) is 16.7 Å².